The third kappa shape index (κ3) is 1.35. The summed E-state index contributed by atoms with van der Waals surface area (Å²) in [6, 6.07) is 2.62. The lowest BCUT2D eigenvalue weighted by Crippen LogP contribution is -2.33. The maximum atomic E-state index is 13.3. The standard InChI is InChI=1S/C7H4BrFN4O/c8-3-1-4(9)6-5(2-3)13(14)12-7(10)11-6/h1-2H,(H2,10,11,12). The maximum Gasteiger partial charge on any atom is 0.288 e. The van der Waals surface area contributed by atoms with Gasteiger partial charge in [-0.05, 0) is 10.9 Å². The first-order valence-electron chi connectivity index (χ1n) is 3.60. The van der Waals surface area contributed by atoms with Crippen LogP contribution in [0.3, 0.4) is 0 Å². The van der Waals surface area contributed by atoms with Gasteiger partial charge in [0, 0.05) is 10.5 Å². The molecule has 1 aromatic carbocycles. The average molecular weight is 259 g/mol. The molecule has 2 N–H and O–H groups in total. The number of nitrogens with zero attached hydrogens (tertiary/aromatic N) is 3. The van der Waals surface area contributed by atoms with E-state index in [9.17, 15) is 9.60 Å². The molecule has 0 atom stereocenters. The van der Waals surface area contributed by atoms with Gasteiger partial charge in [0.2, 0.25) is 0 Å². The van der Waals surface area contributed by atoms with Crippen LogP contribution in [0.5, 0.6) is 0 Å². The molecule has 2 aromatic rings. The molecule has 7 heteroatoms. The molecule has 0 aliphatic rings. The summed E-state index contributed by atoms with van der Waals surface area (Å²) in [5, 5.41) is 14.5. The number of rotatable bonds is 0. The third-order valence-corrected chi connectivity index (χ3v) is 2.09. The van der Waals surface area contributed by atoms with E-state index in [1.165, 1.54) is 12.1 Å². The number of fused-ring (bicyclic) bond motifs is 1. The van der Waals surface area contributed by atoms with E-state index in [0.29, 0.717) is 4.47 Å². The summed E-state index contributed by atoms with van der Waals surface area (Å²) >= 11 is 3.06. The van der Waals surface area contributed by atoms with E-state index >= 15 is 0 Å². The van der Waals surface area contributed by atoms with Crippen LogP contribution in [0.15, 0.2) is 16.6 Å². The van der Waals surface area contributed by atoms with Crippen molar-refractivity contribution in [3.63, 3.8) is 0 Å². The second-order valence-corrected chi connectivity index (χ2v) is 3.51. The molecular weight excluding hydrogens is 255 g/mol. The van der Waals surface area contributed by atoms with Crippen molar-refractivity contribution in [3.05, 3.63) is 27.6 Å². The lowest BCUT2D eigenvalue weighted by molar-refractivity contribution is -0.641. The number of hydrogen-bond acceptors (Lipinski definition) is 4. The minimum atomic E-state index is -0.618. The zero-order valence-corrected chi connectivity index (χ0v) is 8.32. The van der Waals surface area contributed by atoms with Crippen molar-refractivity contribution in [1.82, 2.24) is 10.1 Å². The van der Waals surface area contributed by atoms with E-state index in [2.05, 4.69) is 26.0 Å². The Morgan fingerprint density at radius 3 is 2.93 bits per heavy atom. The summed E-state index contributed by atoms with van der Waals surface area (Å²) in [5.41, 5.74) is 5.16. The first-order valence-corrected chi connectivity index (χ1v) is 4.39. The van der Waals surface area contributed by atoms with Crippen LogP contribution in [0.4, 0.5) is 10.3 Å². The van der Waals surface area contributed by atoms with E-state index in [1.54, 1.807) is 0 Å². The highest BCUT2D eigenvalue weighted by Crippen LogP contribution is 2.19. The molecule has 0 amide bonds. The van der Waals surface area contributed by atoms with Crippen molar-refractivity contribution in [1.29, 1.82) is 0 Å². The number of halogens is 2. The molecule has 0 bridgehead atoms. The SMILES string of the molecule is Nc1nc2c(F)cc(Br)cc2[n+]([O-])n1. The molecule has 0 unspecified atom stereocenters. The predicted octanol–water partition coefficient (Wildman–Crippen LogP) is 0.747. The molecule has 1 aromatic heterocycles. The lowest BCUT2D eigenvalue weighted by atomic mass is 10.3. The fraction of sp³-hybridized carbons (Fsp3) is 0. The molecule has 0 aliphatic carbocycles. The summed E-state index contributed by atoms with van der Waals surface area (Å²) in [4.78, 5) is 3.87. The number of aromatic nitrogens is 3. The topological polar surface area (TPSA) is 78.7 Å². The summed E-state index contributed by atoms with van der Waals surface area (Å²) in [6.07, 6.45) is 0. The fourth-order valence-electron chi connectivity index (χ4n) is 1.09. The van der Waals surface area contributed by atoms with Crippen LogP contribution < -0.4 is 10.6 Å². The number of nitrogen functional groups attached to an aromatic ring is 1. The first-order chi connectivity index (χ1) is 6.58. The zero-order chi connectivity index (χ0) is 10.3. The molecule has 2 rings (SSSR count). The average Bonchev–Trinajstić information content (AvgIpc) is 2.07. The minimum Gasteiger partial charge on any atom is -0.594 e. The van der Waals surface area contributed by atoms with Gasteiger partial charge in [0.25, 0.3) is 11.5 Å². The van der Waals surface area contributed by atoms with Gasteiger partial charge in [0.05, 0.1) is 5.10 Å². The van der Waals surface area contributed by atoms with Crippen molar-refractivity contribution in [2.75, 3.05) is 5.73 Å². The Kier molecular flexibility index (Phi) is 1.95. The van der Waals surface area contributed by atoms with Crippen LogP contribution in [0, 0.1) is 11.0 Å². The van der Waals surface area contributed by atoms with E-state index in [-0.39, 0.29) is 21.8 Å². The molecule has 0 spiro atoms. The first kappa shape index (κ1) is 9.07. The second-order valence-electron chi connectivity index (χ2n) is 2.60. The van der Waals surface area contributed by atoms with Gasteiger partial charge in [-0.1, -0.05) is 15.9 Å². The van der Waals surface area contributed by atoms with Crippen molar-refractivity contribution in [2.45, 2.75) is 0 Å². The molecular formula is C7H4BrFN4O. The van der Waals surface area contributed by atoms with Crippen molar-refractivity contribution in [3.8, 4) is 0 Å². The number of hydrogen-bond donors (Lipinski definition) is 1. The van der Waals surface area contributed by atoms with Crippen molar-refractivity contribution >= 4 is 32.9 Å². The van der Waals surface area contributed by atoms with Crippen LogP contribution >= 0.6 is 15.9 Å². The van der Waals surface area contributed by atoms with Crippen LogP contribution in [-0.2, 0) is 0 Å². The fourth-order valence-corrected chi connectivity index (χ4v) is 1.51. The molecule has 14 heavy (non-hydrogen) atoms. The van der Waals surface area contributed by atoms with Gasteiger partial charge < -0.3 is 10.9 Å². The van der Waals surface area contributed by atoms with Gasteiger partial charge in [-0.3, -0.25) is 0 Å². The van der Waals surface area contributed by atoms with Crippen LogP contribution in [0.25, 0.3) is 11.0 Å². The van der Waals surface area contributed by atoms with Gasteiger partial charge in [0.1, 0.15) is 0 Å². The highest BCUT2D eigenvalue weighted by Gasteiger charge is 2.14. The summed E-state index contributed by atoms with van der Waals surface area (Å²) in [7, 11) is 0. The van der Waals surface area contributed by atoms with Gasteiger partial charge in [-0.25, -0.2) is 4.39 Å². The van der Waals surface area contributed by atoms with E-state index in [0.717, 1.165) is 0 Å². The molecule has 0 radical (unpaired) electrons. The Morgan fingerprint density at radius 1 is 1.50 bits per heavy atom. The predicted molar refractivity (Wildman–Crippen MR) is 50.6 cm³/mol. The van der Waals surface area contributed by atoms with Crippen LogP contribution in [0.2, 0.25) is 0 Å². The summed E-state index contributed by atoms with van der Waals surface area (Å²) < 4.78 is 13.7. The second kappa shape index (κ2) is 3.02. The van der Waals surface area contributed by atoms with Crippen molar-refractivity contribution in [2.24, 2.45) is 0 Å². The molecule has 0 saturated heterocycles. The molecule has 0 aliphatic heterocycles. The Labute approximate surface area is 86.1 Å². The molecule has 0 fully saturated rings. The van der Waals surface area contributed by atoms with Crippen LogP contribution in [-0.4, -0.2) is 10.1 Å². The van der Waals surface area contributed by atoms with Crippen LogP contribution in [0.1, 0.15) is 0 Å². The monoisotopic (exact) mass is 258 g/mol. The lowest BCUT2D eigenvalue weighted by Gasteiger charge is -2.00. The smallest absolute Gasteiger partial charge is 0.288 e. The molecule has 5 nitrogen and oxygen atoms in total. The largest absolute Gasteiger partial charge is 0.594 e. The Morgan fingerprint density at radius 2 is 2.21 bits per heavy atom. The minimum absolute atomic E-state index is 0.0334. The van der Waals surface area contributed by atoms with E-state index < -0.39 is 5.82 Å². The highest BCUT2D eigenvalue weighted by atomic mass is 79.9. The Hall–Kier alpha value is -1.50. The normalized spacial score (nSPS) is 10.7. The van der Waals surface area contributed by atoms with E-state index in [1.807, 2.05) is 0 Å². The van der Waals surface area contributed by atoms with Gasteiger partial charge >= 0.3 is 0 Å². The van der Waals surface area contributed by atoms with E-state index in [4.69, 9.17) is 5.73 Å². The van der Waals surface area contributed by atoms with Gasteiger partial charge in [-0.15, -0.1) is 0 Å². The maximum absolute atomic E-state index is 13.3. The third-order valence-electron chi connectivity index (χ3n) is 1.63. The van der Waals surface area contributed by atoms with Gasteiger partial charge in [0.15, 0.2) is 11.3 Å². The number of anilines is 1. The Balaban J connectivity index is 2.94. The number of nitrogens with two attached hydrogens (primary N) is 1. The molecule has 0 saturated carbocycles. The highest BCUT2D eigenvalue weighted by molar-refractivity contribution is 9.10. The summed E-state index contributed by atoms with van der Waals surface area (Å²) in [6.45, 7) is 0. The quantitative estimate of drug-likeness (QED) is 0.559. The van der Waals surface area contributed by atoms with Gasteiger partial charge in [-0.2, -0.15) is 4.98 Å². The zero-order valence-electron chi connectivity index (χ0n) is 6.74. The molecule has 1 heterocycles. The molecule has 72 valence electrons. The number of benzene rings is 1. The Bertz CT molecular complexity index is 471. The van der Waals surface area contributed by atoms with Crippen molar-refractivity contribution < 1.29 is 9.24 Å². The summed E-state index contributed by atoms with van der Waals surface area (Å²) in [5.74, 6) is -0.873.